The third kappa shape index (κ3) is 5.21. The number of aryl methyl sites for hydroxylation is 1. The SMILES string of the molecule is CCOC(=O)c1c(COC(=O)C2CCN(S(=O)(=O)c3ccccc3)CC2)nc2ccccc2c1C. The molecule has 0 radical (unpaired) electrons. The van der Waals surface area contributed by atoms with Crippen molar-refractivity contribution in [3.8, 4) is 0 Å². The molecule has 2 aromatic carbocycles. The second-order valence-electron chi connectivity index (χ2n) is 8.40. The first-order chi connectivity index (χ1) is 16.8. The van der Waals surface area contributed by atoms with Crippen molar-refractivity contribution in [2.75, 3.05) is 19.7 Å². The zero-order valence-corrected chi connectivity index (χ0v) is 20.6. The van der Waals surface area contributed by atoms with Crippen LogP contribution in [0.25, 0.3) is 10.9 Å². The van der Waals surface area contributed by atoms with Crippen molar-refractivity contribution in [1.29, 1.82) is 0 Å². The second kappa shape index (κ2) is 10.5. The number of rotatable bonds is 7. The molecule has 0 N–H and O–H groups in total. The molecule has 1 fully saturated rings. The number of nitrogens with zero attached hydrogens (tertiary/aromatic N) is 2. The van der Waals surface area contributed by atoms with Gasteiger partial charge >= 0.3 is 11.9 Å². The topological polar surface area (TPSA) is 103 Å². The van der Waals surface area contributed by atoms with Crippen LogP contribution in [0.1, 0.15) is 41.4 Å². The summed E-state index contributed by atoms with van der Waals surface area (Å²) in [5.74, 6) is -1.36. The monoisotopic (exact) mass is 496 g/mol. The molecule has 1 aliphatic rings. The highest BCUT2D eigenvalue weighted by Crippen LogP contribution is 2.27. The molecule has 3 aromatic rings. The Morgan fingerprint density at radius 3 is 2.34 bits per heavy atom. The number of pyridine rings is 1. The molecule has 2 heterocycles. The molecule has 0 amide bonds. The molecular formula is C26H28N2O6S. The van der Waals surface area contributed by atoms with Gasteiger partial charge in [0.2, 0.25) is 10.0 Å². The minimum absolute atomic E-state index is 0.165. The molecule has 0 spiro atoms. The molecule has 1 aromatic heterocycles. The molecule has 0 aliphatic carbocycles. The van der Waals surface area contributed by atoms with Gasteiger partial charge in [0, 0.05) is 18.5 Å². The molecule has 184 valence electrons. The minimum Gasteiger partial charge on any atom is -0.462 e. The summed E-state index contributed by atoms with van der Waals surface area (Å²) in [7, 11) is -3.59. The maximum atomic E-state index is 12.8. The van der Waals surface area contributed by atoms with Crippen molar-refractivity contribution in [3.63, 3.8) is 0 Å². The number of esters is 2. The zero-order chi connectivity index (χ0) is 25.0. The van der Waals surface area contributed by atoms with Crippen molar-refractivity contribution in [1.82, 2.24) is 9.29 Å². The quantitative estimate of drug-likeness (QED) is 0.458. The zero-order valence-electron chi connectivity index (χ0n) is 19.8. The summed E-state index contributed by atoms with van der Waals surface area (Å²) in [6.07, 6.45) is 0.722. The van der Waals surface area contributed by atoms with Gasteiger partial charge in [-0.1, -0.05) is 36.4 Å². The third-order valence-electron chi connectivity index (χ3n) is 6.23. The molecule has 9 heteroatoms. The molecular weight excluding hydrogens is 468 g/mol. The van der Waals surface area contributed by atoms with Crippen LogP contribution in [0.15, 0.2) is 59.5 Å². The molecule has 1 aliphatic heterocycles. The standard InChI is InChI=1S/C26H28N2O6S/c1-3-33-26(30)24-18(2)21-11-7-8-12-22(21)27-23(24)17-34-25(29)19-13-15-28(16-14-19)35(31,32)20-9-5-4-6-10-20/h4-12,19H,3,13-17H2,1-2H3. The Balaban J connectivity index is 1.45. The highest BCUT2D eigenvalue weighted by molar-refractivity contribution is 7.89. The Morgan fingerprint density at radius 2 is 1.66 bits per heavy atom. The van der Waals surface area contributed by atoms with E-state index in [0.29, 0.717) is 29.6 Å². The van der Waals surface area contributed by atoms with E-state index in [4.69, 9.17) is 9.47 Å². The summed E-state index contributed by atoms with van der Waals surface area (Å²) in [5.41, 5.74) is 2.07. The Kier molecular flexibility index (Phi) is 7.47. The first-order valence-corrected chi connectivity index (χ1v) is 13.0. The average Bonchev–Trinajstić information content (AvgIpc) is 2.88. The third-order valence-corrected chi connectivity index (χ3v) is 8.14. The van der Waals surface area contributed by atoms with Crippen LogP contribution in [0.5, 0.6) is 0 Å². The van der Waals surface area contributed by atoms with Crippen LogP contribution >= 0.6 is 0 Å². The van der Waals surface area contributed by atoms with Gasteiger partial charge in [-0.3, -0.25) is 4.79 Å². The van der Waals surface area contributed by atoms with Crippen molar-refractivity contribution in [3.05, 3.63) is 71.4 Å². The van der Waals surface area contributed by atoms with E-state index in [-0.39, 0.29) is 31.2 Å². The molecule has 1 saturated heterocycles. The normalized spacial score (nSPS) is 15.1. The maximum absolute atomic E-state index is 12.8. The van der Waals surface area contributed by atoms with Gasteiger partial charge in [-0.25, -0.2) is 18.2 Å². The first kappa shape index (κ1) is 24.8. The summed E-state index contributed by atoms with van der Waals surface area (Å²) in [4.78, 5) is 30.3. The van der Waals surface area contributed by atoms with Crippen LogP contribution in [0.2, 0.25) is 0 Å². The Morgan fingerprint density at radius 1 is 1.00 bits per heavy atom. The van der Waals surface area contributed by atoms with Crippen LogP contribution in [0.4, 0.5) is 0 Å². The van der Waals surface area contributed by atoms with Gasteiger partial charge < -0.3 is 9.47 Å². The maximum Gasteiger partial charge on any atom is 0.340 e. The number of fused-ring (bicyclic) bond motifs is 1. The number of ether oxygens (including phenoxy) is 2. The fraction of sp³-hybridized carbons (Fsp3) is 0.346. The summed E-state index contributed by atoms with van der Waals surface area (Å²) < 4.78 is 37.8. The summed E-state index contributed by atoms with van der Waals surface area (Å²) in [6.45, 7) is 4.07. The van der Waals surface area contributed by atoms with Gasteiger partial charge in [-0.2, -0.15) is 4.31 Å². The summed E-state index contributed by atoms with van der Waals surface area (Å²) in [6, 6.07) is 15.7. The minimum atomic E-state index is -3.59. The number of hydrogen-bond donors (Lipinski definition) is 0. The Bertz CT molecular complexity index is 1330. The van der Waals surface area contributed by atoms with Crippen LogP contribution in [0.3, 0.4) is 0 Å². The van der Waals surface area contributed by atoms with Crippen molar-refractivity contribution >= 4 is 32.9 Å². The number of piperidine rings is 1. The first-order valence-electron chi connectivity index (χ1n) is 11.6. The van der Waals surface area contributed by atoms with Crippen molar-refractivity contribution in [2.24, 2.45) is 5.92 Å². The molecule has 0 atom stereocenters. The lowest BCUT2D eigenvalue weighted by Crippen LogP contribution is -2.40. The summed E-state index contributed by atoms with van der Waals surface area (Å²) in [5, 5.41) is 0.831. The molecule has 0 bridgehead atoms. The number of para-hydroxylation sites is 1. The van der Waals surface area contributed by atoms with Gasteiger partial charge in [0.1, 0.15) is 6.61 Å². The van der Waals surface area contributed by atoms with Crippen LogP contribution in [-0.2, 0) is 30.9 Å². The molecule has 8 nitrogen and oxygen atoms in total. The van der Waals surface area contributed by atoms with Crippen LogP contribution < -0.4 is 0 Å². The van der Waals surface area contributed by atoms with E-state index < -0.39 is 27.9 Å². The van der Waals surface area contributed by atoms with Crippen LogP contribution in [0, 0.1) is 12.8 Å². The lowest BCUT2D eigenvalue weighted by Gasteiger charge is -2.30. The second-order valence-corrected chi connectivity index (χ2v) is 10.3. The molecule has 4 rings (SSSR count). The summed E-state index contributed by atoms with van der Waals surface area (Å²) >= 11 is 0. The van der Waals surface area contributed by atoms with Crippen molar-refractivity contribution < 1.29 is 27.5 Å². The highest BCUT2D eigenvalue weighted by atomic mass is 32.2. The average molecular weight is 497 g/mol. The fourth-order valence-electron chi connectivity index (χ4n) is 4.35. The van der Waals surface area contributed by atoms with Gasteiger partial charge in [0.15, 0.2) is 0 Å². The number of carbonyl (C=O) groups excluding carboxylic acids is 2. The van der Waals surface area contributed by atoms with E-state index in [0.717, 1.165) is 10.9 Å². The number of benzene rings is 2. The van der Waals surface area contributed by atoms with E-state index in [2.05, 4.69) is 4.98 Å². The molecule has 35 heavy (non-hydrogen) atoms. The predicted molar refractivity (Wildman–Crippen MR) is 130 cm³/mol. The van der Waals surface area contributed by atoms with Gasteiger partial charge in [-0.15, -0.1) is 0 Å². The van der Waals surface area contributed by atoms with E-state index in [1.54, 1.807) is 37.3 Å². The lowest BCUT2D eigenvalue weighted by atomic mass is 9.98. The van der Waals surface area contributed by atoms with Crippen LogP contribution in [-0.4, -0.2) is 49.3 Å². The number of carbonyl (C=O) groups is 2. The number of hydrogen-bond acceptors (Lipinski definition) is 7. The molecule has 0 saturated carbocycles. The number of sulfonamides is 1. The Labute approximate surface area is 204 Å². The van der Waals surface area contributed by atoms with Crippen molar-refractivity contribution in [2.45, 2.75) is 38.2 Å². The number of aromatic nitrogens is 1. The fourth-order valence-corrected chi connectivity index (χ4v) is 5.84. The van der Waals surface area contributed by atoms with Gasteiger partial charge in [0.05, 0.1) is 34.2 Å². The van der Waals surface area contributed by atoms with E-state index in [1.165, 1.54) is 4.31 Å². The van der Waals surface area contributed by atoms with E-state index in [9.17, 15) is 18.0 Å². The van der Waals surface area contributed by atoms with E-state index in [1.807, 2.05) is 31.2 Å². The smallest absolute Gasteiger partial charge is 0.340 e. The Hall–Kier alpha value is -3.30. The molecule has 0 unspecified atom stereocenters. The van der Waals surface area contributed by atoms with E-state index >= 15 is 0 Å². The lowest BCUT2D eigenvalue weighted by molar-refractivity contribution is -0.151. The van der Waals surface area contributed by atoms with Gasteiger partial charge in [-0.05, 0) is 50.5 Å². The highest BCUT2D eigenvalue weighted by Gasteiger charge is 2.33. The predicted octanol–water partition coefficient (Wildman–Crippen LogP) is 3.86. The largest absolute Gasteiger partial charge is 0.462 e. The van der Waals surface area contributed by atoms with Gasteiger partial charge in [0.25, 0.3) is 0 Å².